The highest BCUT2D eigenvalue weighted by Crippen LogP contribution is 2.40. The van der Waals surface area contributed by atoms with Crippen LogP contribution in [0.3, 0.4) is 0 Å². The summed E-state index contributed by atoms with van der Waals surface area (Å²) in [5.41, 5.74) is 6.79. The molecule has 0 unspecified atom stereocenters. The Balaban J connectivity index is 1.23. The Bertz CT molecular complexity index is 1420. The third kappa shape index (κ3) is 6.96. The van der Waals surface area contributed by atoms with E-state index in [1.54, 1.807) is 6.20 Å². The summed E-state index contributed by atoms with van der Waals surface area (Å²) in [4.78, 5) is 26.9. The first-order valence-electron chi connectivity index (χ1n) is 13.9. The Morgan fingerprint density at radius 3 is 2.57 bits per heavy atom. The number of alkyl halides is 1. The molecule has 2 aromatic heterocycles. The fourth-order valence-electron chi connectivity index (χ4n) is 5.23. The normalized spacial score (nSPS) is 23.6. The Kier molecular flexibility index (Phi) is 8.30. The third-order valence-corrected chi connectivity index (χ3v) is 7.45. The highest BCUT2D eigenvalue weighted by atomic mass is 19.1. The fourth-order valence-corrected chi connectivity index (χ4v) is 5.23. The Morgan fingerprint density at radius 1 is 1.17 bits per heavy atom. The molecule has 12 nitrogen and oxygen atoms in total. The molecule has 13 heteroatoms. The van der Waals surface area contributed by atoms with Gasteiger partial charge in [-0.05, 0) is 70.6 Å². The molecule has 2 heterocycles. The predicted molar refractivity (Wildman–Crippen MR) is 152 cm³/mol. The Hall–Kier alpha value is -4.26. The number of nitrogens with zero attached hydrogens (tertiary/aromatic N) is 4. The van der Waals surface area contributed by atoms with Crippen molar-refractivity contribution < 1.29 is 28.3 Å². The lowest BCUT2D eigenvalue weighted by Gasteiger charge is -2.31. The van der Waals surface area contributed by atoms with Gasteiger partial charge in [-0.2, -0.15) is 5.10 Å². The number of rotatable bonds is 9. The molecule has 42 heavy (non-hydrogen) atoms. The van der Waals surface area contributed by atoms with E-state index in [2.05, 4.69) is 10.3 Å². The summed E-state index contributed by atoms with van der Waals surface area (Å²) < 4.78 is 33.1. The second-order valence-corrected chi connectivity index (χ2v) is 11.9. The summed E-state index contributed by atoms with van der Waals surface area (Å²) in [6.07, 6.45) is 0.464. The minimum absolute atomic E-state index is 0.0621. The van der Waals surface area contributed by atoms with Crippen molar-refractivity contribution in [3.05, 3.63) is 64.5 Å². The molecule has 3 aromatic rings. The number of benzene rings is 1. The lowest BCUT2D eigenvalue weighted by atomic mass is 9.82. The standard InChI is InChI=1S/C29H35FN6O6/c1-29(2,3)35-26(33-20-8-9-32-27(14-20)40-16-17-10-19(31)11-17)15-24(34-35)18-12-23(30)25(13-18)42-28(37)41-22-6-4-21(5-7-22)36(38)39/h4-9,14-15,17-19,23,25H,10-13,16,31H2,1-3H3,(H,32,33)/t17?,18-,19?,23+,25-/m0/s1. The van der Waals surface area contributed by atoms with Gasteiger partial charge in [0.1, 0.15) is 23.8 Å². The van der Waals surface area contributed by atoms with Gasteiger partial charge in [0, 0.05) is 48.1 Å². The first-order chi connectivity index (χ1) is 19.9. The maximum Gasteiger partial charge on any atom is 0.514 e. The van der Waals surface area contributed by atoms with Crippen LogP contribution in [0.5, 0.6) is 11.6 Å². The van der Waals surface area contributed by atoms with E-state index < -0.39 is 23.4 Å². The Morgan fingerprint density at radius 2 is 1.90 bits per heavy atom. The number of nitrogens with one attached hydrogen (secondary N) is 1. The number of hydrogen-bond donors (Lipinski definition) is 2. The molecule has 2 aliphatic carbocycles. The molecule has 0 saturated heterocycles. The van der Waals surface area contributed by atoms with Crippen molar-refractivity contribution in [1.29, 1.82) is 0 Å². The first kappa shape index (κ1) is 29.2. The number of non-ortho nitro benzene ring substituents is 1. The number of ether oxygens (including phenoxy) is 3. The van der Waals surface area contributed by atoms with E-state index in [0.29, 0.717) is 24.1 Å². The molecule has 0 bridgehead atoms. The van der Waals surface area contributed by atoms with Crippen molar-refractivity contribution in [2.45, 2.75) is 76.2 Å². The van der Waals surface area contributed by atoms with Crippen LogP contribution >= 0.6 is 0 Å². The van der Waals surface area contributed by atoms with Gasteiger partial charge in [0.15, 0.2) is 0 Å². The molecule has 0 radical (unpaired) electrons. The van der Waals surface area contributed by atoms with Gasteiger partial charge in [0.05, 0.1) is 22.8 Å². The van der Waals surface area contributed by atoms with Crippen molar-refractivity contribution in [2.75, 3.05) is 11.9 Å². The smallest absolute Gasteiger partial charge is 0.477 e. The molecular weight excluding hydrogens is 547 g/mol. The van der Waals surface area contributed by atoms with Crippen LogP contribution in [0.1, 0.15) is 58.1 Å². The van der Waals surface area contributed by atoms with E-state index in [4.69, 9.17) is 25.0 Å². The van der Waals surface area contributed by atoms with Crippen LogP contribution in [-0.4, -0.2) is 50.8 Å². The van der Waals surface area contributed by atoms with Gasteiger partial charge in [-0.15, -0.1) is 0 Å². The average Bonchev–Trinajstić information content (AvgIpc) is 3.50. The quantitative estimate of drug-likeness (QED) is 0.141. The maximum atomic E-state index is 15.0. The first-order valence-corrected chi connectivity index (χ1v) is 13.9. The van der Waals surface area contributed by atoms with E-state index in [1.807, 2.05) is 43.7 Å². The highest BCUT2D eigenvalue weighted by molar-refractivity contribution is 5.64. The molecule has 224 valence electrons. The number of pyridine rings is 1. The number of nitro groups is 1. The van der Waals surface area contributed by atoms with Crippen LogP contribution in [0.15, 0.2) is 48.7 Å². The Labute approximate surface area is 242 Å². The van der Waals surface area contributed by atoms with Crippen molar-refractivity contribution in [1.82, 2.24) is 14.8 Å². The number of carbonyl (C=O) groups is 1. The van der Waals surface area contributed by atoms with Crippen LogP contribution in [0.25, 0.3) is 0 Å². The summed E-state index contributed by atoms with van der Waals surface area (Å²) in [6.45, 7) is 6.63. The molecular formula is C29H35FN6O6. The molecule has 3 N–H and O–H groups in total. The van der Waals surface area contributed by atoms with E-state index in [0.717, 1.165) is 24.3 Å². The summed E-state index contributed by atoms with van der Waals surface area (Å²) in [5.74, 6) is 1.46. The number of nitro benzene ring substituents is 1. The van der Waals surface area contributed by atoms with Gasteiger partial charge in [0.2, 0.25) is 5.88 Å². The van der Waals surface area contributed by atoms with Crippen molar-refractivity contribution >= 4 is 23.3 Å². The molecule has 3 atom stereocenters. The van der Waals surface area contributed by atoms with Gasteiger partial charge in [0.25, 0.3) is 5.69 Å². The van der Waals surface area contributed by atoms with Gasteiger partial charge in [-0.3, -0.25) is 10.1 Å². The molecule has 5 rings (SSSR count). The minimum atomic E-state index is -1.40. The van der Waals surface area contributed by atoms with Crippen LogP contribution in [0.4, 0.5) is 26.4 Å². The molecule has 0 aliphatic heterocycles. The van der Waals surface area contributed by atoms with E-state index in [-0.39, 0.29) is 41.8 Å². The van der Waals surface area contributed by atoms with Crippen LogP contribution in [-0.2, 0) is 10.3 Å². The minimum Gasteiger partial charge on any atom is -0.477 e. The number of anilines is 2. The van der Waals surface area contributed by atoms with Gasteiger partial charge in [-0.25, -0.2) is 18.9 Å². The fraction of sp³-hybridized carbons (Fsp3) is 0.483. The predicted octanol–water partition coefficient (Wildman–Crippen LogP) is 5.60. The van der Waals surface area contributed by atoms with Gasteiger partial charge >= 0.3 is 6.16 Å². The molecule has 1 aromatic carbocycles. The summed E-state index contributed by atoms with van der Waals surface area (Å²) >= 11 is 0. The second-order valence-electron chi connectivity index (χ2n) is 11.9. The number of halogens is 1. The van der Waals surface area contributed by atoms with Crippen molar-refractivity contribution in [2.24, 2.45) is 11.7 Å². The third-order valence-electron chi connectivity index (χ3n) is 7.45. The zero-order valence-electron chi connectivity index (χ0n) is 23.7. The average molecular weight is 583 g/mol. The highest BCUT2D eigenvalue weighted by Gasteiger charge is 2.40. The number of aromatic nitrogens is 3. The molecule has 0 spiro atoms. The molecule has 0 amide bonds. The molecule has 2 aliphatic rings. The van der Waals surface area contributed by atoms with Crippen LogP contribution in [0.2, 0.25) is 0 Å². The topological polar surface area (TPSA) is 157 Å². The summed E-state index contributed by atoms with van der Waals surface area (Å²) in [6, 6.07) is 10.8. The number of nitrogens with two attached hydrogens (primary N) is 1. The van der Waals surface area contributed by atoms with Crippen molar-refractivity contribution in [3.63, 3.8) is 0 Å². The van der Waals surface area contributed by atoms with Crippen LogP contribution < -0.4 is 20.5 Å². The number of carbonyl (C=O) groups excluding carboxylic acids is 1. The van der Waals surface area contributed by atoms with E-state index in [1.165, 1.54) is 24.3 Å². The van der Waals surface area contributed by atoms with E-state index in [9.17, 15) is 19.3 Å². The maximum absolute atomic E-state index is 15.0. The SMILES string of the molecule is CC(C)(C)n1nc([C@H]2C[C@@H](F)[C@@H](OC(=O)Oc3ccc([N+](=O)[O-])cc3)C2)cc1Nc1ccnc(OCC2CC(N)C2)c1. The monoisotopic (exact) mass is 582 g/mol. The number of hydrogen-bond acceptors (Lipinski definition) is 10. The van der Waals surface area contributed by atoms with E-state index >= 15 is 0 Å². The molecule has 2 fully saturated rings. The lowest BCUT2D eigenvalue weighted by molar-refractivity contribution is -0.384. The van der Waals surface area contributed by atoms with Gasteiger partial charge in [-0.1, -0.05) is 0 Å². The summed E-state index contributed by atoms with van der Waals surface area (Å²) in [7, 11) is 0. The largest absolute Gasteiger partial charge is 0.514 e. The molecule has 2 saturated carbocycles. The van der Waals surface area contributed by atoms with Crippen molar-refractivity contribution in [3.8, 4) is 11.6 Å². The van der Waals surface area contributed by atoms with Gasteiger partial charge < -0.3 is 25.3 Å². The second kappa shape index (κ2) is 11.9. The summed E-state index contributed by atoms with van der Waals surface area (Å²) in [5, 5.41) is 19.0. The zero-order valence-corrected chi connectivity index (χ0v) is 23.7. The zero-order chi connectivity index (χ0) is 30.0. The lowest BCUT2D eigenvalue weighted by Crippen LogP contribution is -2.39. The van der Waals surface area contributed by atoms with Crippen LogP contribution in [0, 0.1) is 16.0 Å².